The van der Waals surface area contributed by atoms with E-state index in [-0.39, 0.29) is 23.9 Å². The molecule has 2 rings (SSSR count). The summed E-state index contributed by atoms with van der Waals surface area (Å²) in [6.45, 7) is 13.7. The second-order valence-corrected chi connectivity index (χ2v) is 7.97. The van der Waals surface area contributed by atoms with E-state index < -0.39 is 5.97 Å². The Labute approximate surface area is 198 Å². The number of rotatable bonds is 7. The fourth-order valence-corrected chi connectivity index (χ4v) is 2.42. The number of piperidine rings is 1. The van der Waals surface area contributed by atoms with Crippen LogP contribution in [0.15, 0.2) is 18.5 Å². The van der Waals surface area contributed by atoms with Gasteiger partial charge in [-0.05, 0) is 52.5 Å². The maximum absolute atomic E-state index is 10.9. The van der Waals surface area contributed by atoms with E-state index in [1.54, 1.807) is 37.4 Å². The molecule has 0 atom stereocenters. The van der Waals surface area contributed by atoms with Crippen molar-refractivity contribution >= 4 is 18.3 Å². The highest BCUT2D eigenvalue weighted by Gasteiger charge is 2.19. The van der Waals surface area contributed by atoms with E-state index in [1.165, 1.54) is 0 Å². The van der Waals surface area contributed by atoms with Crippen LogP contribution >= 0.6 is 0 Å². The second-order valence-electron chi connectivity index (χ2n) is 7.97. The number of hydrogen-bond donors (Lipinski definition) is 1. The quantitative estimate of drug-likeness (QED) is 0.474. The summed E-state index contributed by atoms with van der Waals surface area (Å²) in [6, 6.07) is 1.74. The smallest absolute Gasteiger partial charge is 0.306 e. The van der Waals surface area contributed by atoms with Gasteiger partial charge in [-0.25, -0.2) is 9.97 Å². The van der Waals surface area contributed by atoms with Gasteiger partial charge in [0.05, 0.1) is 18.6 Å². The number of aryl methyl sites for hydroxylation is 1. The number of aliphatic carboxylic acids is 1. The molecule has 0 aliphatic carbocycles. The van der Waals surface area contributed by atoms with Crippen molar-refractivity contribution in [2.24, 2.45) is 5.92 Å². The monoisotopic (exact) mass is 469 g/mol. The molecule has 1 aromatic rings. The van der Waals surface area contributed by atoms with E-state index in [0.29, 0.717) is 38.4 Å². The van der Waals surface area contributed by atoms with Gasteiger partial charge in [-0.1, -0.05) is 13.8 Å². The molecule has 190 valence electrons. The SMILES string of the molecule is CC.CCOC(=O)CCc1ncccn1.COC(C)(C)C.O=CN1CCC(CC(=O)O)CC1. The normalized spacial score (nSPS) is 13.1. The Morgan fingerprint density at radius 3 is 2.09 bits per heavy atom. The Bertz CT molecular complexity index is 627. The number of amides is 1. The molecule has 0 saturated carbocycles. The van der Waals surface area contributed by atoms with Crippen molar-refractivity contribution in [2.45, 2.75) is 79.2 Å². The third-order valence-corrected chi connectivity index (χ3v) is 4.35. The van der Waals surface area contributed by atoms with Gasteiger partial charge in [0.15, 0.2) is 0 Å². The van der Waals surface area contributed by atoms with Crippen molar-refractivity contribution in [3.63, 3.8) is 0 Å². The van der Waals surface area contributed by atoms with Crippen LogP contribution in [0.2, 0.25) is 0 Å². The minimum absolute atomic E-state index is 0.0417. The van der Waals surface area contributed by atoms with E-state index in [4.69, 9.17) is 14.6 Å². The number of hydrogen-bond acceptors (Lipinski definition) is 7. The van der Waals surface area contributed by atoms with E-state index >= 15 is 0 Å². The minimum Gasteiger partial charge on any atom is -0.481 e. The first-order chi connectivity index (χ1) is 15.6. The van der Waals surface area contributed by atoms with Crippen LogP contribution in [0.4, 0.5) is 0 Å². The number of esters is 1. The summed E-state index contributed by atoms with van der Waals surface area (Å²) < 4.78 is 9.71. The summed E-state index contributed by atoms with van der Waals surface area (Å²) in [5.74, 6) is 0.00348. The lowest BCUT2D eigenvalue weighted by atomic mass is 9.94. The molecule has 1 aliphatic heterocycles. The number of nitrogens with zero attached hydrogens (tertiary/aromatic N) is 3. The lowest BCUT2D eigenvalue weighted by Gasteiger charge is -2.27. The summed E-state index contributed by atoms with van der Waals surface area (Å²) in [6.07, 6.45) is 6.93. The van der Waals surface area contributed by atoms with E-state index in [9.17, 15) is 14.4 Å². The van der Waals surface area contributed by atoms with Crippen LogP contribution in [0.1, 0.15) is 73.1 Å². The van der Waals surface area contributed by atoms with Crippen LogP contribution in [-0.2, 0) is 30.3 Å². The van der Waals surface area contributed by atoms with Gasteiger partial charge in [0.1, 0.15) is 5.82 Å². The average molecular weight is 470 g/mol. The standard InChI is InChI=1S/C9H12N2O2.C8H13NO3.C5H12O.C2H6/c1-2-13-9(12)5-4-8-10-6-3-7-11-8;10-6-9-3-1-7(2-4-9)5-8(11)12;1-5(2,3)6-4;1-2/h3,6-7H,2,4-5H2,1H3;6-7H,1-5H2,(H,11,12);1-4H3;1-2H3. The third kappa shape index (κ3) is 21.1. The van der Waals surface area contributed by atoms with Gasteiger partial charge in [0.25, 0.3) is 0 Å². The summed E-state index contributed by atoms with van der Waals surface area (Å²) in [4.78, 5) is 41.2. The molecule has 1 aromatic heterocycles. The van der Waals surface area contributed by atoms with E-state index in [2.05, 4.69) is 9.97 Å². The molecular weight excluding hydrogens is 426 g/mol. The van der Waals surface area contributed by atoms with Gasteiger partial charge in [-0.2, -0.15) is 0 Å². The number of methoxy groups -OCH3 is 1. The topological polar surface area (TPSA) is 119 Å². The van der Waals surface area contributed by atoms with Crippen molar-refractivity contribution in [1.82, 2.24) is 14.9 Å². The van der Waals surface area contributed by atoms with Gasteiger partial charge in [-0.15, -0.1) is 0 Å². The van der Waals surface area contributed by atoms with Crippen molar-refractivity contribution in [1.29, 1.82) is 0 Å². The zero-order valence-electron chi connectivity index (χ0n) is 21.4. The van der Waals surface area contributed by atoms with Crippen molar-refractivity contribution in [3.05, 3.63) is 24.3 Å². The molecule has 33 heavy (non-hydrogen) atoms. The van der Waals surface area contributed by atoms with Crippen molar-refractivity contribution < 1.29 is 29.0 Å². The van der Waals surface area contributed by atoms with Gasteiger partial charge < -0.3 is 19.5 Å². The molecule has 1 aliphatic rings. The molecule has 2 heterocycles. The molecule has 1 N–H and O–H groups in total. The van der Waals surface area contributed by atoms with Crippen molar-refractivity contribution in [2.75, 3.05) is 26.8 Å². The fraction of sp³-hybridized carbons (Fsp3) is 0.708. The maximum Gasteiger partial charge on any atom is 0.306 e. The number of ether oxygens (including phenoxy) is 2. The number of aromatic nitrogens is 2. The minimum atomic E-state index is -0.737. The van der Waals surface area contributed by atoms with E-state index in [1.807, 2.05) is 34.6 Å². The second kappa shape index (κ2) is 20.1. The molecule has 0 spiro atoms. The Hall–Kier alpha value is -2.55. The van der Waals surface area contributed by atoms with E-state index in [0.717, 1.165) is 19.3 Å². The number of carbonyl (C=O) groups excluding carboxylic acids is 2. The third-order valence-electron chi connectivity index (χ3n) is 4.35. The first-order valence-electron chi connectivity index (χ1n) is 11.5. The van der Waals surface area contributed by atoms with Crippen LogP contribution in [0.25, 0.3) is 0 Å². The fourth-order valence-electron chi connectivity index (χ4n) is 2.42. The van der Waals surface area contributed by atoms with Gasteiger partial charge in [0, 0.05) is 45.4 Å². The zero-order chi connectivity index (χ0) is 25.7. The number of carboxylic acids is 1. The predicted octanol–water partition coefficient (Wildman–Crippen LogP) is 3.76. The Kier molecular flexibility index (Phi) is 19.9. The van der Waals surface area contributed by atoms with Crippen LogP contribution < -0.4 is 0 Å². The lowest BCUT2D eigenvalue weighted by molar-refractivity contribution is -0.143. The highest BCUT2D eigenvalue weighted by Crippen LogP contribution is 2.19. The molecule has 1 saturated heterocycles. The highest BCUT2D eigenvalue weighted by atomic mass is 16.5. The molecule has 9 nitrogen and oxygen atoms in total. The number of carbonyl (C=O) groups is 3. The Morgan fingerprint density at radius 1 is 1.18 bits per heavy atom. The first-order valence-corrected chi connectivity index (χ1v) is 11.5. The van der Waals surface area contributed by atoms with Crippen LogP contribution in [0, 0.1) is 5.92 Å². The number of likely N-dealkylation sites (tertiary alicyclic amines) is 1. The molecular formula is C24H43N3O6. The molecule has 1 fully saturated rings. The first kappa shape index (κ1) is 32.6. The maximum atomic E-state index is 10.9. The summed E-state index contributed by atoms with van der Waals surface area (Å²) in [5, 5.41) is 8.51. The Balaban J connectivity index is 0. The Morgan fingerprint density at radius 2 is 1.70 bits per heavy atom. The molecule has 0 bridgehead atoms. The largest absolute Gasteiger partial charge is 0.481 e. The van der Waals surface area contributed by atoms with Gasteiger partial charge in [-0.3, -0.25) is 14.4 Å². The molecule has 0 unspecified atom stereocenters. The van der Waals surface area contributed by atoms with Crippen LogP contribution in [-0.4, -0.2) is 70.7 Å². The highest BCUT2D eigenvalue weighted by molar-refractivity contribution is 5.69. The molecule has 0 aromatic carbocycles. The molecule has 0 radical (unpaired) electrons. The summed E-state index contributed by atoms with van der Waals surface area (Å²) >= 11 is 0. The summed E-state index contributed by atoms with van der Waals surface area (Å²) in [5.41, 5.74) is 0.0417. The van der Waals surface area contributed by atoms with Crippen LogP contribution in [0.3, 0.4) is 0 Å². The number of carboxylic acid groups (broad SMARTS) is 1. The molecule has 1 amide bonds. The lowest BCUT2D eigenvalue weighted by Crippen LogP contribution is -2.33. The van der Waals surface area contributed by atoms with Crippen molar-refractivity contribution in [3.8, 4) is 0 Å². The average Bonchev–Trinajstić information content (AvgIpc) is 2.80. The van der Waals surface area contributed by atoms with Gasteiger partial charge >= 0.3 is 11.9 Å². The summed E-state index contributed by atoms with van der Waals surface area (Å²) in [7, 11) is 1.71. The molecule has 9 heteroatoms. The van der Waals surface area contributed by atoms with Gasteiger partial charge in [0.2, 0.25) is 6.41 Å². The predicted molar refractivity (Wildman–Crippen MR) is 128 cm³/mol. The van der Waals surface area contributed by atoms with Crippen LogP contribution in [0.5, 0.6) is 0 Å². The zero-order valence-corrected chi connectivity index (χ0v) is 21.4.